The van der Waals surface area contributed by atoms with Gasteiger partial charge in [0.05, 0.1) is 32.5 Å². The minimum absolute atomic E-state index is 0.00513. The van der Waals surface area contributed by atoms with Crippen molar-refractivity contribution in [1.82, 2.24) is 0 Å². The van der Waals surface area contributed by atoms with Crippen molar-refractivity contribution in [3.8, 4) is 0 Å². The van der Waals surface area contributed by atoms with Crippen LogP contribution in [0.2, 0.25) is 0 Å². The Hall–Kier alpha value is -1.28. The molecule has 0 aliphatic carbocycles. The third-order valence-electron chi connectivity index (χ3n) is 2.82. The number of rotatable bonds is 12. The molecular weight excluding hydrogens is 388 g/mol. The Bertz CT molecular complexity index is 676. The monoisotopic (exact) mass is 411 g/mol. The second-order valence-corrected chi connectivity index (χ2v) is 8.94. The molecular formula is C14H23NO9P2. The van der Waals surface area contributed by atoms with Crippen molar-refractivity contribution >= 4 is 27.2 Å². The van der Waals surface area contributed by atoms with Crippen LogP contribution in [0.25, 0.3) is 6.08 Å². The topological polar surface area (TPSA) is 127 Å². The van der Waals surface area contributed by atoms with Gasteiger partial charge in [0, 0.05) is 6.08 Å². The van der Waals surface area contributed by atoms with Crippen molar-refractivity contribution in [3.05, 3.63) is 33.1 Å². The molecule has 0 unspecified atom stereocenters. The first-order valence-corrected chi connectivity index (χ1v) is 11.1. The van der Waals surface area contributed by atoms with Gasteiger partial charge in [0.15, 0.2) is 5.06 Å². The summed E-state index contributed by atoms with van der Waals surface area (Å²) in [4.78, 5) is 10.1. The van der Waals surface area contributed by atoms with E-state index in [1.54, 1.807) is 27.7 Å². The van der Waals surface area contributed by atoms with Crippen LogP contribution in [0.15, 0.2) is 21.6 Å². The third-order valence-corrected chi connectivity index (χ3v) is 8.06. The van der Waals surface area contributed by atoms with Crippen molar-refractivity contribution in [3.63, 3.8) is 0 Å². The largest absolute Gasteiger partial charge is 0.433 e. The Labute approximate surface area is 151 Å². The Morgan fingerprint density at radius 1 is 1.00 bits per heavy atom. The Kier molecular flexibility index (Phi) is 8.89. The maximum atomic E-state index is 13.2. The van der Waals surface area contributed by atoms with Crippen molar-refractivity contribution in [2.75, 3.05) is 26.4 Å². The summed E-state index contributed by atoms with van der Waals surface area (Å²) >= 11 is 0. The molecule has 1 heterocycles. The molecule has 0 atom stereocenters. The van der Waals surface area contributed by atoms with E-state index in [1.165, 1.54) is 6.07 Å². The molecule has 0 bridgehead atoms. The molecule has 0 fully saturated rings. The van der Waals surface area contributed by atoms with Crippen molar-refractivity contribution < 1.29 is 36.6 Å². The number of furan rings is 1. The van der Waals surface area contributed by atoms with Crippen molar-refractivity contribution in [1.29, 1.82) is 0 Å². The van der Waals surface area contributed by atoms with Crippen LogP contribution < -0.4 is 0 Å². The standard InChI is InChI=1S/C14H23NO9P2/c1-5-20-25(18,21-6-2)14(26(19,22-7-3)23-8-4)11-12-9-10-13(24-12)15(16)17/h9-11H,5-8H2,1-4H3. The van der Waals surface area contributed by atoms with Gasteiger partial charge in [0.25, 0.3) is 0 Å². The fourth-order valence-electron chi connectivity index (χ4n) is 1.97. The van der Waals surface area contributed by atoms with E-state index in [0.29, 0.717) is 0 Å². The highest BCUT2D eigenvalue weighted by Gasteiger charge is 2.45. The van der Waals surface area contributed by atoms with Crippen LogP contribution in [0.5, 0.6) is 0 Å². The molecule has 1 aromatic rings. The summed E-state index contributed by atoms with van der Waals surface area (Å²) in [6.07, 6.45) is 1.09. The smallest absolute Gasteiger partial charge is 0.401 e. The molecule has 0 radical (unpaired) electrons. The van der Waals surface area contributed by atoms with E-state index >= 15 is 0 Å². The quantitative estimate of drug-likeness (QED) is 0.264. The van der Waals surface area contributed by atoms with Crippen LogP contribution in [0.3, 0.4) is 0 Å². The maximum absolute atomic E-state index is 13.2. The maximum Gasteiger partial charge on any atom is 0.433 e. The minimum Gasteiger partial charge on any atom is -0.401 e. The van der Waals surface area contributed by atoms with Gasteiger partial charge in [0.2, 0.25) is 0 Å². The highest BCUT2D eigenvalue weighted by atomic mass is 31.2. The molecule has 12 heteroatoms. The molecule has 0 amide bonds. The van der Waals surface area contributed by atoms with Gasteiger partial charge in [-0.25, -0.2) is 0 Å². The first kappa shape index (κ1) is 22.8. The first-order valence-electron chi connectivity index (χ1n) is 8.01. The van der Waals surface area contributed by atoms with Crippen LogP contribution in [0, 0.1) is 10.1 Å². The lowest BCUT2D eigenvalue weighted by Gasteiger charge is -2.25. The molecule has 10 nitrogen and oxygen atoms in total. The Morgan fingerprint density at radius 3 is 1.73 bits per heavy atom. The molecule has 0 saturated heterocycles. The molecule has 0 aromatic carbocycles. The second-order valence-electron chi connectivity index (χ2n) is 4.60. The molecule has 1 aromatic heterocycles. The van der Waals surface area contributed by atoms with E-state index < -0.39 is 26.0 Å². The Balaban J connectivity index is 3.57. The van der Waals surface area contributed by atoms with Crippen molar-refractivity contribution in [2.24, 2.45) is 0 Å². The predicted molar refractivity (Wildman–Crippen MR) is 95.1 cm³/mol. The highest BCUT2D eigenvalue weighted by molar-refractivity contribution is 7.79. The highest BCUT2D eigenvalue weighted by Crippen LogP contribution is 2.74. The number of hydrogen-bond acceptors (Lipinski definition) is 9. The molecule has 1 rings (SSSR count). The summed E-state index contributed by atoms with van der Waals surface area (Å²) in [5, 5.41) is 10.4. The molecule has 0 N–H and O–H groups in total. The normalized spacial score (nSPS) is 12.2. The van der Waals surface area contributed by atoms with Gasteiger partial charge >= 0.3 is 21.1 Å². The summed E-state index contributed by atoms with van der Waals surface area (Å²) in [5.41, 5.74) is 0. The summed E-state index contributed by atoms with van der Waals surface area (Å²) in [5.74, 6) is -0.591. The fraction of sp³-hybridized carbons (Fsp3) is 0.571. The van der Waals surface area contributed by atoms with Gasteiger partial charge in [-0.2, -0.15) is 0 Å². The zero-order chi connectivity index (χ0) is 19.8. The second kappa shape index (κ2) is 10.2. The zero-order valence-corrected chi connectivity index (χ0v) is 16.9. The van der Waals surface area contributed by atoms with Crippen LogP contribution in [-0.2, 0) is 27.2 Å². The fourth-order valence-corrected chi connectivity index (χ4v) is 6.47. The number of hydrogen-bond donors (Lipinski definition) is 0. The first-order chi connectivity index (χ1) is 12.3. The molecule has 0 aliphatic heterocycles. The van der Waals surface area contributed by atoms with E-state index in [4.69, 9.17) is 22.5 Å². The Morgan fingerprint density at radius 2 is 1.42 bits per heavy atom. The van der Waals surface area contributed by atoms with E-state index in [2.05, 4.69) is 0 Å². The van der Waals surface area contributed by atoms with E-state index in [-0.39, 0.29) is 37.2 Å². The van der Waals surface area contributed by atoms with E-state index in [1.807, 2.05) is 0 Å². The minimum atomic E-state index is -4.07. The molecule has 0 saturated carbocycles. The lowest BCUT2D eigenvalue weighted by atomic mass is 10.4. The third kappa shape index (κ3) is 5.61. The molecule has 0 spiro atoms. The van der Waals surface area contributed by atoms with Crippen LogP contribution in [0.1, 0.15) is 33.5 Å². The van der Waals surface area contributed by atoms with Gasteiger partial charge in [0.1, 0.15) is 10.7 Å². The van der Waals surface area contributed by atoms with Gasteiger partial charge in [-0.1, -0.05) is 0 Å². The van der Waals surface area contributed by atoms with Gasteiger partial charge in [-0.05, 0) is 33.8 Å². The van der Waals surface area contributed by atoms with Crippen LogP contribution in [-0.4, -0.2) is 31.4 Å². The number of nitrogens with zero attached hydrogens (tertiary/aromatic N) is 1. The SMILES string of the molecule is CCOP(=O)(OCC)C(=Cc1ccc([N+](=O)[O-])o1)P(=O)(OCC)OCC. The van der Waals surface area contributed by atoms with E-state index in [0.717, 1.165) is 12.1 Å². The average molecular weight is 411 g/mol. The number of nitro groups is 1. The lowest BCUT2D eigenvalue weighted by Crippen LogP contribution is -2.04. The summed E-state index contributed by atoms with van der Waals surface area (Å²) < 4.78 is 52.5. The average Bonchev–Trinajstić information content (AvgIpc) is 3.02. The van der Waals surface area contributed by atoms with Gasteiger partial charge in [-0.15, -0.1) is 0 Å². The van der Waals surface area contributed by atoms with Gasteiger partial charge < -0.3 is 22.5 Å². The zero-order valence-electron chi connectivity index (χ0n) is 15.1. The lowest BCUT2D eigenvalue weighted by molar-refractivity contribution is -0.402. The molecule has 0 aliphatic rings. The predicted octanol–water partition coefficient (Wildman–Crippen LogP) is 5.02. The van der Waals surface area contributed by atoms with E-state index in [9.17, 15) is 19.2 Å². The van der Waals surface area contributed by atoms with Gasteiger partial charge in [-0.3, -0.25) is 19.2 Å². The molecule has 26 heavy (non-hydrogen) atoms. The van der Waals surface area contributed by atoms with Crippen LogP contribution >= 0.6 is 15.2 Å². The summed E-state index contributed by atoms with van der Waals surface area (Å²) in [6, 6.07) is 2.38. The van der Waals surface area contributed by atoms with Crippen molar-refractivity contribution in [2.45, 2.75) is 27.7 Å². The van der Waals surface area contributed by atoms with Crippen LogP contribution in [0.4, 0.5) is 5.88 Å². The summed E-state index contributed by atoms with van der Waals surface area (Å²) in [6.45, 7) is 6.38. The summed E-state index contributed by atoms with van der Waals surface area (Å²) in [7, 11) is -8.14. The molecule has 148 valence electrons.